The topological polar surface area (TPSA) is 21.3 Å². The van der Waals surface area contributed by atoms with E-state index in [1.54, 1.807) is 0 Å². The van der Waals surface area contributed by atoms with E-state index in [0.717, 1.165) is 18.7 Å². The molecule has 1 aromatic rings. The molecule has 1 fully saturated rings. The van der Waals surface area contributed by atoms with Crippen molar-refractivity contribution in [3.05, 3.63) is 23.8 Å². The molecule has 1 heterocycles. The molecule has 2 heteroatoms. The van der Waals surface area contributed by atoms with Gasteiger partial charge >= 0.3 is 0 Å². The van der Waals surface area contributed by atoms with Crippen molar-refractivity contribution in [2.24, 2.45) is 0 Å². The molecule has 2 nitrogen and oxygen atoms in total. The minimum atomic E-state index is 0.0606. The van der Waals surface area contributed by atoms with Gasteiger partial charge in [-0.25, -0.2) is 0 Å². The molecule has 0 unspecified atom stereocenters. The maximum absolute atomic E-state index is 6.23. The molecule has 0 atom stereocenters. The lowest BCUT2D eigenvalue weighted by Gasteiger charge is -2.34. The number of fused-ring (bicyclic) bond motifs is 1. The quantitative estimate of drug-likeness (QED) is 0.837. The molecule has 17 heavy (non-hydrogen) atoms. The van der Waals surface area contributed by atoms with Gasteiger partial charge in [-0.3, -0.25) is 0 Å². The smallest absolute Gasteiger partial charge is 0.122 e. The van der Waals surface area contributed by atoms with Gasteiger partial charge in [0.15, 0.2) is 0 Å². The number of hydrogen-bond donors (Lipinski definition) is 1. The Labute approximate surface area is 103 Å². The van der Waals surface area contributed by atoms with Gasteiger partial charge in [0.25, 0.3) is 0 Å². The fraction of sp³-hybridized carbons (Fsp3) is 0.600. The molecule has 0 saturated heterocycles. The molecular weight excluding hydrogens is 210 g/mol. The van der Waals surface area contributed by atoms with Crippen LogP contribution in [0.2, 0.25) is 0 Å². The third-order valence-corrected chi connectivity index (χ3v) is 4.07. The van der Waals surface area contributed by atoms with Gasteiger partial charge < -0.3 is 10.1 Å². The van der Waals surface area contributed by atoms with E-state index in [4.69, 9.17) is 4.74 Å². The summed E-state index contributed by atoms with van der Waals surface area (Å²) in [5, 5.41) is 3.41. The largest absolute Gasteiger partial charge is 0.488 e. The molecule has 0 amide bonds. The highest BCUT2D eigenvalue weighted by molar-refractivity contribution is 5.58. The Hall–Kier alpha value is -1.18. The van der Waals surface area contributed by atoms with E-state index in [0.29, 0.717) is 0 Å². The number of rotatable bonds is 2. The van der Waals surface area contributed by atoms with Crippen LogP contribution in [0.5, 0.6) is 5.75 Å². The lowest BCUT2D eigenvalue weighted by Crippen LogP contribution is -2.34. The molecule has 0 spiro atoms. The maximum atomic E-state index is 6.23. The van der Waals surface area contributed by atoms with Crippen molar-refractivity contribution >= 4 is 5.69 Å². The number of nitrogens with one attached hydrogen (secondary N) is 1. The van der Waals surface area contributed by atoms with Gasteiger partial charge in [-0.05, 0) is 50.7 Å². The summed E-state index contributed by atoms with van der Waals surface area (Å²) in [6, 6.07) is 6.50. The van der Waals surface area contributed by atoms with Gasteiger partial charge in [-0.2, -0.15) is 0 Å². The van der Waals surface area contributed by atoms with Crippen molar-refractivity contribution in [3.8, 4) is 5.75 Å². The third kappa shape index (κ3) is 2.26. The van der Waals surface area contributed by atoms with Crippen molar-refractivity contribution < 1.29 is 4.74 Å². The van der Waals surface area contributed by atoms with E-state index >= 15 is 0 Å². The Morgan fingerprint density at radius 2 is 2.00 bits per heavy atom. The van der Waals surface area contributed by atoms with Crippen molar-refractivity contribution in [2.45, 2.75) is 51.0 Å². The molecule has 2 aliphatic rings. The van der Waals surface area contributed by atoms with Crippen LogP contribution in [0.15, 0.2) is 18.2 Å². The first-order valence-electron chi connectivity index (χ1n) is 6.81. The van der Waals surface area contributed by atoms with Crippen molar-refractivity contribution in [1.82, 2.24) is 0 Å². The van der Waals surface area contributed by atoms with Crippen LogP contribution < -0.4 is 10.1 Å². The molecule has 1 aliphatic heterocycles. The fourth-order valence-corrected chi connectivity index (χ4v) is 3.02. The highest BCUT2D eigenvalue weighted by atomic mass is 16.5. The maximum Gasteiger partial charge on any atom is 0.122 e. The van der Waals surface area contributed by atoms with E-state index in [-0.39, 0.29) is 5.60 Å². The van der Waals surface area contributed by atoms with E-state index in [1.807, 2.05) is 0 Å². The van der Waals surface area contributed by atoms with Crippen LogP contribution in [0.4, 0.5) is 5.69 Å². The number of ether oxygens (including phenoxy) is 1. The van der Waals surface area contributed by atoms with Crippen LogP contribution >= 0.6 is 0 Å². The molecule has 0 bridgehead atoms. The molecule has 92 valence electrons. The van der Waals surface area contributed by atoms with E-state index in [1.165, 1.54) is 43.4 Å². The van der Waals surface area contributed by atoms with Crippen LogP contribution in [0.1, 0.15) is 44.6 Å². The Morgan fingerprint density at radius 3 is 2.82 bits per heavy atom. The first-order valence-corrected chi connectivity index (χ1v) is 6.81. The first kappa shape index (κ1) is 10.9. The van der Waals surface area contributed by atoms with Crippen LogP contribution in [-0.2, 0) is 6.42 Å². The zero-order valence-corrected chi connectivity index (χ0v) is 10.6. The van der Waals surface area contributed by atoms with Crippen molar-refractivity contribution in [3.63, 3.8) is 0 Å². The number of hydrogen-bond acceptors (Lipinski definition) is 2. The Bertz CT molecular complexity index is 407. The Kier molecular flexibility index (Phi) is 2.73. The van der Waals surface area contributed by atoms with Crippen molar-refractivity contribution in [2.75, 3.05) is 11.9 Å². The normalized spacial score (nSPS) is 21.7. The minimum Gasteiger partial charge on any atom is -0.488 e. The first-order chi connectivity index (χ1) is 8.25. The number of benzene rings is 1. The van der Waals surface area contributed by atoms with Gasteiger partial charge in [0, 0.05) is 18.3 Å². The average Bonchev–Trinajstić information content (AvgIpc) is 2.76. The summed E-state index contributed by atoms with van der Waals surface area (Å²) in [6.45, 7) is 3.32. The molecule has 3 rings (SSSR count). The summed E-state index contributed by atoms with van der Waals surface area (Å²) in [5.74, 6) is 1.03. The van der Waals surface area contributed by atoms with Gasteiger partial charge in [0.1, 0.15) is 11.4 Å². The predicted molar refractivity (Wildman–Crippen MR) is 70.8 cm³/mol. The van der Waals surface area contributed by atoms with Crippen LogP contribution in [0, 0.1) is 0 Å². The van der Waals surface area contributed by atoms with Gasteiger partial charge in [-0.1, -0.05) is 12.5 Å². The summed E-state index contributed by atoms with van der Waals surface area (Å²) in [4.78, 5) is 0. The molecule has 1 saturated carbocycles. The standard InChI is InChI=1S/C15H21NO/c1-15(8-3-2-4-9-15)17-13-6-5-12-7-10-16-14(12)11-13/h5-6,11,16H,2-4,7-10H2,1H3. The summed E-state index contributed by atoms with van der Waals surface area (Å²) in [5.41, 5.74) is 2.75. The molecule has 0 aromatic heterocycles. The zero-order chi connectivity index (χ0) is 11.7. The molecule has 1 N–H and O–H groups in total. The molecule has 0 radical (unpaired) electrons. The van der Waals surface area contributed by atoms with Crippen LogP contribution in [0.25, 0.3) is 0 Å². The lowest BCUT2D eigenvalue weighted by atomic mass is 9.86. The van der Waals surface area contributed by atoms with Gasteiger partial charge in [0.2, 0.25) is 0 Å². The SMILES string of the molecule is CC1(Oc2ccc3c(c2)NCC3)CCCCC1. The second-order valence-corrected chi connectivity index (χ2v) is 5.61. The van der Waals surface area contributed by atoms with Crippen LogP contribution in [0.3, 0.4) is 0 Å². The van der Waals surface area contributed by atoms with Crippen LogP contribution in [-0.4, -0.2) is 12.1 Å². The van der Waals surface area contributed by atoms with Crippen molar-refractivity contribution in [1.29, 1.82) is 0 Å². The van der Waals surface area contributed by atoms with Gasteiger partial charge in [0.05, 0.1) is 0 Å². The van der Waals surface area contributed by atoms with Gasteiger partial charge in [-0.15, -0.1) is 0 Å². The summed E-state index contributed by atoms with van der Waals surface area (Å²) < 4.78 is 6.23. The van der Waals surface area contributed by atoms with E-state index in [2.05, 4.69) is 30.4 Å². The molecular formula is C15H21NO. The van der Waals surface area contributed by atoms with E-state index in [9.17, 15) is 0 Å². The average molecular weight is 231 g/mol. The third-order valence-electron chi connectivity index (χ3n) is 4.07. The highest BCUT2D eigenvalue weighted by Crippen LogP contribution is 2.34. The summed E-state index contributed by atoms with van der Waals surface area (Å²) >= 11 is 0. The Balaban J connectivity index is 1.76. The predicted octanol–water partition coefficient (Wildman–Crippen LogP) is 3.76. The Morgan fingerprint density at radius 1 is 1.18 bits per heavy atom. The zero-order valence-electron chi connectivity index (χ0n) is 10.6. The minimum absolute atomic E-state index is 0.0606. The molecule has 1 aliphatic carbocycles. The lowest BCUT2D eigenvalue weighted by molar-refractivity contribution is 0.0488. The van der Waals surface area contributed by atoms with E-state index < -0.39 is 0 Å². The summed E-state index contributed by atoms with van der Waals surface area (Å²) in [7, 11) is 0. The second-order valence-electron chi connectivity index (χ2n) is 5.61. The highest BCUT2D eigenvalue weighted by Gasteiger charge is 2.28. The monoisotopic (exact) mass is 231 g/mol. The fourth-order valence-electron chi connectivity index (χ4n) is 3.02. The summed E-state index contributed by atoms with van der Waals surface area (Å²) in [6.07, 6.45) is 7.51. The molecule has 1 aromatic carbocycles. The number of anilines is 1. The second kappa shape index (κ2) is 4.25.